The average Bonchev–Trinajstić information content (AvgIpc) is 2.36. The van der Waals surface area contributed by atoms with Crippen LogP contribution < -0.4 is 5.32 Å². The van der Waals surface area contributed by atoms with Crippen molar-refractivity contribution >= 4 is 21.8 Å². The fourth-order valence-electron chi connectivity index (χ4n) is 1.63. The summed E-state index contributed by atoms with van der Waals surface area (Å²) in [7, 11) is 0. The zero-order valence-electron chi connectivity index (χ0n) is 11.8. The second-order valence-corrected chi connectivity index (χ2v) is 5.95. The zero-order valence-corrected chi connectivity index (χ0v) is 13.4. The van der Waals surface area contributed by atoms with Gasteiger partial charge in [-0.2, -0.15) is 0 Å². The molecule has 1 aromatic carbocycles. The molecule has 0 aliphatic heterocycles. The van der Waals surface area contributed by atoms with Gasteiger partial charge in [-0.3, -0.25) is 4.79 Å². The SMILES string of the molecule is Cc1ccc(Br)cc1C(=O)NCCCOCC(C)C. The van der Waals surface area contributed by atoms with Crippen LogP contribution in [-0.4, -0.2) is 25.7 Å². The standard InChI is InChI=1S/C15H22BrNO2/c1-11(2)10-19-8-4-7-17-15(18)14-9-13(16)6-5-12(14)3/h5-6,9,11H,4,7-8,10H2,1-3H3,(H,17,18). The van der Waals surface area contributed by atoms with Crippen molar-refractivity contribution < 1.29 is 9.53 Å². The molecular formula is C15H22BrNO2. The number of carbonyl (C=O) groups excluding carboxylic acids is 1. The lowest BCUT2D eigenvalue weighted by Gasteiger charge is -2.09. The topological polar surface area (TPSA) is 38.3 Å². The Morgan fingerprint density at radius 1 is 1.42 bits per heavy atom. The number of rotatable bonds is 7. The van der Waals surface area contributed by atoms with Crippen LogP contribution in [0.5, 0.6) is 0 Å². The molecule has 0 fully saturated rings. The number of benzene rings is 1. The van der Waals surface area contributed by atoms with Crippen LogP contribution in [0.3, 0.4) is 0 Å². The third-order valence-corrected chi connectivity index (χ3v) is 3.14. The van der Waals surface area contributed by atoms with Gasteiger partial charge < -0.3 is 10.1 Å². The third-order valence-electron chi connectivity index (χ3n) is 2.65. The molecule has 4 heteroatoms. The van der Waals surface area contributed by atoms with E-state index in [9.17, 15) is 4.79 Å². The maximum Gasteiger partial charge on any atom is 0.251 e. The zero-order chi connectivity index (χ0) is 14.3. The van der Waals surface area contributed by atoms with E-state index < -0.39 is 0 Å². The lowest BCUT2D eigenvalue weighted by molar-refractivity contribution is 0.0924. The van der Waals surface area contributed by atoms with E-state index >= 15 is 0 Å². The van der Waals surface area contributed by atoms with Gasteiger partial charge in [0.1, 0.15) is 0 Å². The summed E-state index contributed by atoms with van der Waals surface area (Å²) in [5.41, 5.74) is 1.70. The Kier molecular flexibility index (Phi) is 7.10. The first-order chi connectivity index (χ1) is 9.00. The first kappa shape index (κ1) is 16.2. The maximum atomic E-state index is 12.0. The van der Waals surface area contributed by atoms with Gasteiger partial charge >= 0.3 is 0 Å². The van der Waals surface area contributed by atoms with Crippen LogP contribution in [0.15, 0.2) is 22.7 Å². The Bertz CT molecular complexity index is 419. The lowest BCUT2D eigenvalue weighted by atomic mass is 10.1. The number of nitrogens with one attached hydrogen (secondary N) is 1. The maximum absolute atomic E-state index is 12.0. The molecule has 0 spiro atoms. The van der Waals surface area contributed by atoms with Crippen molar-refractivity contribution in [3.05, 3.63) is 33.8 Å². The minimum Gasteiger partial charge on any atom is -0.381 e. The van der Waals surface area contributed by atoms with Gasteiger partial charge in [-0.15, -0.1) is 0 Å². The first-order valence-electron chi connectivity index (χ1n) is 6.62. The fraction of sp³-hybridized carbons (Fsp3) is 0.533. The van der Waals surface area contributed by atoms with Crippen LogP contribution in [0.1, 0.15) is 36.2 Å². The Balaban J connectivity index is 2.29. The molecule has 1 aromatic rings. The van der Waals surface area contributed by atoms with E-state index in [2.05, 4.69) is 35.1 Å². The lowest BCUT2D eigenvalue weighted by Crippen LogP contribution is -2.26. The van der Waals surface area contributed by atoms with Crippen molar-refractivity contribution in [1.29, 1.82) is 0 Å². The Morgan fingerprint density at radius 2 is 2.16 bits per heavy atom. The second kappa shape index (κ2) is 8.33. The molecule has 0 bridgehead atoms. The van der Waals surface area contributed by atoms with Crippen molar-refractivity contribution in [3.63, 3.8) is 0 Å². The largest absolute Gasteiger partial charge is 0.381 e. The van der Waals surface area contributed by atoms with Crippen LogP contribution in [0.4, 0.5) is 0 Å². The summed E-state index contributed by atoms with van der Waals surface area (Å²) in [5, 5.41) is 2.92. The predicted octanol–water partition coefficient (Wildman–Crippen LogP) is 3.55. The second-order valence-electron chi connectivity index (χ2n) is 5.04. The van der Waals surface area contributed by atoms with E-state index in [1.807, 2.05) is 25.1 Å². The number of hydrogen-bond donors (Lipinski definition) is 1. The predicted molar refractivity (Wildman–Crippen MR) is 81.5 cm³/mol. The van der Waals surface area contributed by atoms with Crippen molar-refractivity contribution in [2.24, 2.45) is 5.92 Å². The van der Waals surface area contributed by atoms with Gasteiger partial charge in [0.2, 0.25) is 0 Å². The summed E-state index contributed by atoms with van der Waals surface area (Å²) in [5.74, 6) is 0.529. The highest BCUT2D eigenvalue weighted by atomic mass is 79.9. The van der Waals surface area contributed by atoms with E-state index in [4.69, 9.17) is 4.74 Å². The number of ether oxygens (including phenoxy) is 1. The quantitative estimate of drug-likeness (QED) is 0.778. The van der Waals surface area contributed by atoms with Gasteiger partial charge in [0, 0.05) is 29.8 Å². The van der Waals surface area contributed by atoms with Crippen molar-refractivity contribution in [2.45, 2.75) is 27.2 Å². The summed E-state index contributed by atoms with van der Waals surface area (Å²) in [6.07, 6.45) is 0.839. The molecule has 0 saturated carbocycles. The van der Waals surface area contributed by atoms with Crippen LogP contribution in [-0.2, 0) is 4.74 Å². The van der Waals surface area contributed by atoms with E-state index in [-0.39, 0.29) is 5.91 Å². The third kappa shape index (κ3) is 6.21. The molecule has 0 aliphatic carbocycles. The smallest absolute Gasteiger partial charge is 0.251 e. The number of amides is 1. The Hall–Kier alpha value is -0.870. The van der Waals surface area contributed by atoms with Gasteiger partial charge in [0.15, 0.2) is 0 Å². The summed E-state index contributed by atoms with van der Waals surface area (Å²) in [6.45, 7) is 8.29. The van der Waals surface area contributed by atoms with E-state index in [0.29, 0.717) is 19.1 Å². The van der Waals surface area contributed by atoms with E-state index in [1.165, 1.54) is 0 Å². The van der Waals surface area contributed by atoms with Crippen molar-refractivity contribution in [3.8, 4) is 0 Å². The van der Waals surface area contributed by atoms with Crippen LogP contribution in [0.2, 0.25) is 0 Å². The molecule has 1 rings (SSSR count). The molecule has 0 unspecified atom stereocenters. The minimum atomic E-state index is -0.0253. The van der Waals surface area contributed by atoms with E-state index in [0.717, 1.165) is 28.6 Å². The van der Waals surface area contributed by atoms with Gasteiger partial charge in [-0.05, 0) is 37.0 Å². The van der Waals surface area contributed by atoms with Gasteiger partial charge in [0.25, 0.3) is 5.91 Å². The monoisotopic (exact) mass is 327 g/mol. The molecule has 0 heterocycles. The Labute approximate surface area is 123 Å². The van der Waals surface area contributed by atoms with Crippen LogP contribution in [0, 0.1) is 12.8 Å². The number of hydrogen-bond acceptors (Lipinski definition) is 2. The molecule has 106 valence electrons. The molecule has 0 radical (unpaired) electrons. The van der Waals surface area contributed by atoms with Gasteiger partial charge in [-0.25, -0.2) is 0 Å². The Morgan fingerprint density at radius 3 is 2.84 bits per heavy atom. The van der Waals surface area contributed by atoms with Gasteiger partial charge in [0.05, 0.1) is 0 Å². The normalized spacial score (nSPS) is 10.8. The molecule has 0 aromatic heterocycles. The number of aryl methyl sites for hydroxylation is 1. The molecular weight excluding hydrogens is 306 g/mol. The molecule has 1 N–H and O–H groups in total. The van der Waals surface area contributed by atoms with Crippen LogP contribution >= 0.6 is 15.9 Å². The summed E-state index contributed by atoms with van der Waals surface area (Å²) >= 11 is 3.38. The highest BCUT2D eigenvalue weighted by Gasteiger charge is 2.08. The average molecular weight is 328 g/mol. The summed E-state index contributed by atoms with van der Waals surface area (Å²) in [6, 6.07) is 5.72. The number of halogens is 1. The first-order valence-corrected chi connectivity index (χ1v) is 7.42. The highest BCUT2D eigenvalue weighted by molar-refractivity contribution is 9.10. The summed E-state index contributed by atoms with van der Waals surface area (Å²) < 4.78 is 6.39. The van der Waals surface area contributed by atoms with Gasteiger partial charge in [-0.1, -0.05) is 35.8 Å². The fourth-order valence-corrected chi connectivity index (χ4v) is 1.99. The van der Waals surface area contributed by atoms with Crippen LogP contribution in [0.25, 0.3) is 0 Å². The van der Waals surface area contributed by atoms with E-state index in [1.54, 1.807) is 0 Å². The highest BCUT2D eigenvalue weighted by Crippen LogP contribution is 2.15. The minimum absolute atomic E-state index is 0.0253. The summed E-state index contributed by atoms with van der Waals surface area (Å²) in [4.78, 5) is 12.0. The number of carbonyl (C=O) groups is 1. The molecule has 19 heavy (non-hydrogen) atoms. The molecule has 3 nitrogen and oxygen atoms in total. The molecule has 0 aliphatic rings. The van der Waals surface area contributed by atoms with Crippen molar-refractivity contribution in [2.75, 3.05) is 19.8 Å². The molecule has 0 atom stereocenters. The molecule has 0 saturated heterocycles. The van der Waals surface area contributed by atoms with Crippen molar-refractivity contribution in [1.82, 2.24) is 5.32 Å². The molecule has 1 amide bonds.